The van der Waals surface area contributed by atoms with E-state index in [1.54, 1.807) is 7.05 Å². The van der Waals surface area contributed by atoms with Crippen molar-refractivity contribution in [1.82, 2.24) is 10.6 Å². The summed E-state index contributed by atoms with van der Waals surface area (Å²) in [7, 11) is 1.67. The fourth-order valence-corrected chi connectivity index (χ4v) is 2.49. The highest BCUT2D eigenvalue weighted by atomic mass is 16.2. The number of aryl methyl sites for hydroxylation is 2. The van der Waals surface area contributed by atoms with Crippen molar-refractivity contribution in [1.29, 1.82) is 0 Å². The molecule has 1 aliphatic rings. The lowest BCUT2D eigenvalue weighted by molar-refractivity contribution is -0.122. The topological polar surface area (TPSA) is 41.1 Å². The Bertz CT molecular complexity index is 428. The highest BCUT2D eigenvalue weighted by molar-refractivity contribution is 5.81. The van der Waals surface area contributed by atoms with Crippen molar-refractivity contribution in [3.05, 3.63) is 34.9 Å². The first kappa shape index (κ1) is 12.1. The minimum Gasteiger partial charge on any atom is -0.358 e. The Hall–Kier alpha value is -1.35. The van der Waals surface area contributed by atoms with Crippen molar-refractivity contribution in [2.75, 3.05) is 7.05 Å². The summed E-state index contributed by atoms with van der Waals surface area (Å²) >= 11 is 0. The minimum atomic E-state index is -0.142. The van der Waals surface area contributed by atoms with E-state index in [0.29, 0.717) is 6.04 Å². The van der Waals surface area contributed by atoms with Gasteiger partial charge in [0.1, 0.15) is 0 Å². The lowest BCUT2D eigenvalue weighted by Gasteiger charge is -2.19. The molecule has 1 amide bonds. The molecule has 0 radical (unpaired) electrons. The van der Waals surface area contributed by atoms with E-state index < -0.39 is 0 Å². The predicted molar refractivity (Wildman–Crippen MR) is 68.9 cm³/mol. The van der Waals surface area contributed by atoms with E-state index in [4.69, 9.17) is 0 Å². The molecule has 0 fully saturated rings. The van der Waals surface area contributed by atoms with Crippen LogP contribution in [-0.4, -0.2) is 19.0 Å². The van der Waals surface area contributed by atoms with Crippen LogP contribution < -0.4 is 10.6 Å². The zero-order valence-corrected chi connectivity index (χ0v) is 10.7. The molecule has 17 heavy (non-hydrogen) atoms. The van der Waals surface area contributed by atoms with Crippen LogP contribution in [-0.2, 0) is 11.2 Å². The largest absolute Gasteiger partial charge is 0.358 e. The van der Waals surface area contributed by atoms with Gasteiger partial charge in [0.25, 0.3) is 0 Å². The van der Waals surface area contributed by atoms with Gasteiger partial charge in [0.15, 0.2) is 0 Å². The number of rotatable bonds is 3. The third kappa shape index (κ3) is 2.50. The zero-order valence-electron chi connectivity index (χ0n) is 10.7. The molecule has 2 atom stereocenters. The first-order valence-corrected chi connectivity index (χ1v) is 6.19. The molecule has 0 aromatic heterocycles. The summed E-state index contributed by atoms with van der Waals surface area (Å²) in [4.78, 5) is 11.5. The molecule has 3 heteroatoms. The molecule has 0 saturated heterocycles. The van der Waals surface area contributed by atoms with Gasteiger partial charge in [0, 0.05) is 13.1 Å². The van der Waals surface area contributed by atoms with E-state index in [0.717, 1.165) is 12.8 Å². The van der Waals surface area contributed by atoms with Gasteiger partial charge in [0.05, 0.1) is 6.04 Å². The molecule has 0 aliphatic heterocycles. The second-order valence-corrected chi connectivity index (χ2v) is 4.80. The van der Waals surface area contributed by atoms with Gasteiger partial charge in [-0.3, -0.25) is 10.1 Å². The van der Waals surface area contributed by atoms with Crippen molar-refractivity contribution in [2.24, 2.45) is 0 Å². The second-order valence-electron chi connectivity index (χ2n) is 4.80. The van der Waals surface area contributed by atoms with E-state index in [1.807, 2.05) is 6.92 Å². The lowest BCUT2D eigenvalue weighted by atomic mass is 10.0. The third-order valence-corrected chi connectivity index (χ3v) is 3.47. The summed E-state index contributed by atoms with van der Waals surface area (Å²) in [5, 5.41) is 6.07. The highest BCUT2D eigenvalue weighted by Crippen LogP contribution is 2.31. The summed E-state index contributed by atoms with van der Waals surface area (Å²) in [5.74, 6) is 0.0473. The molecule has 0 saturated carbocycles. The third-order valence-electron chi connectivity index (χ3n) is 3.47. The molecule has 3 nitrogen and oxygen atoms in total. The van der Waals surface area contributed by atoms with Crippen molar-refractivity contribution < 1.29 is 4.79 Å². The summed E-state index contributed by atoms with van der Waals surface area (Å²) in [6.07, 6.45) is 2.19. The molecule has 0 bridgehead atoms. The number of hydrogen-bond donors (Lipinski definition) is 2. The summed E-state index contributed by atoms with van der Waals surface area (Å²) in [6, 6.07) is 6.77. The van der Waals surface area contributed by atoms with Crippen molar-refractivity contribution in [3.8, 4) is 0 Å². The van der Waals surface area contributed by atoms with Gasteiger partial charge in [-0.15, -0.1) is 0 Å². The molecule has 2 unspecified atom stereocenters. The Morgan fingerprint density at radius 1 is 1.47 bits per heavy atom. The van der Waals surface area contributed by atoms with Gasteiger partial charge in [-0.05, 0) is 37.8 Å². The maximum absolute atomic E-state index is 11.5. The second kappa shape index (κ2) is 4.88. The van der Waals surface area contributed by atoms with Gasteiger partial charge in [-0.2, -0.15) is 0 Å². The number of fused-ring (bicyclic) bond motifs is 1. The molecule has 0 spiro atoms. The number of amides is 1. The van der Waals surface area contributed by atoms with Crippen LogP contribution in [0.5, 0.6) is 0 Å². The van der Waals surface area contributed by atoms with Crippen LogP contribution in [0.2, 0.25) is 0 Å². The first-order valence-electron chi connectivity index (χ1n) is 6.19. The Morgan fingerprint density at radius 2 is 2.24 bits per heavy atom. The maximum atomic E-state index is 11.5. The van der Waals surface area contributed by atoms with Crippen molar-refractivity contribution in [2.45, 2.75) is 38.8 Å². The van der Waals surface area contributed by atoms with Crippen LogP contribution >= 0.6 is 0 Å². The van der Waals surface area contributed by atoms with Gasteiger partial charge < -0.3 is 5.32 Å². The van der Waals surface area contributed by atoms with E-state index in [1.165, 1.54) is 16.7 Å². The first-order chi connectivity index (χ1) is 8.11. The van der Waals surface area contributed by atoms with E-state index in [2.05, 4.69) is 35.8 Å². The van der Waals surface area contributed by atoms with Gasteiger partial charge in [-0.25, -0.2) is 0 Å². The van der Waals surface area contributed by atoms with Crippen LogP contribution in [0.3, 0.4) is 0 Å². The number of hydrogen-bond acceptors (Lipinski definition) is 2. The van der Waals surface area contributed by atoms with Crippen LogP contribution in [0.25, 0.3) is 0 Å². The van der Waals surface area contributed by atoms with Crippen LogP contribution in [0.4, 0.5) is 0 Å². The molecular formula is C14H20N2O. The molecule has 2 rings (SSSR count). The molecule has 1 aromatic carbocycles. The number of carbonyl (C=O) groups excluding carboxylic acids is 1. The zero-order chi connectivity index (χ0) is 12.4. The van der Waals surface area contributed by atoms with E-state index in [9.17, 15) is 4.79 Å². The minimum absolute atomic E-state index is 0.0473. The SMILES string of the molecule is CNC(=O)C(C)NC1CCc2ccc(C)cc21. The Balaban J connectivity index is 2.11. The predicted octanol–water partition coefficient (Wildman–Crippen LogP) is 1.71. The number of carbonyl (C=O) groups is 1. The fourth-order valence-electron chi connectivity index (χ4n) is 2.49. The maximum Gasteiger partial charge on any atom is 0.236 e. The van der Waals surface area contributed by atoms with Gasteiger partial charge in [0.2, 0.25) is 5.91 Å². The standard InChI is InChI=1S/C14H20N2O/c1-9-4-5-11-6-7-13(12(11)8-9)16-10(2)14(17)15-3/h4-5,8,10,13,16H,6-7H2,1-3H3,(H,15,17). The number of likely N-dealkylation sites (N-methyl/N-ethyl adjacent to an activating group) is 1. The Kier molecular flexibility index (Phi) is 3.48. The Morgan fingerprint density at radius 3 is 2.94 bits per heavy atom. The van der Waals surface area contributed by atoms with Gasteiger partial charge >= 0.3 is 0 Å². The average molecular weight is 232 g/mol. The van der Waals surface area contributed by atoms with E-state index >= 15 is 0 Å². The van der Waals surface area contributed by atoms with Crippen LogP contribution in [0, 0.1) is 6.92 Å². The van der Waals surface area contributed by atoms with Crippen LogP contribution in [0.15, 0.2) is 18.2 Å². The Labute approximate surface area is 103 Å². The molecular weight excluding hydrogens is 212 g/mol. The molecule has 2 N–H and O–H groups in total. The fraction of sp³-hybridized carbons (Fsp3) is 0.500. The highest BCUT2D eigenvalue weighted by Gasteiger charge is 2.25. The summed E-state index contributed by atoms with van der Waals surface area (Å²) in [5.41, 5.74) is 4.06. The molecule has 1 aliphatic carbocycles. The van der Waals surface area contributed by atoms with Crippen molar-refractivity contribution in [3.63, 3.8) is 0 Å². The van der Waals surface area contributed by atoms with Gasteiger partial charge in [-0.1, -0.05) is 23.8 Å². The normalized spacial score (nSPS) is 19.8. The quantitative estimate of drug-likeness (QED) is 0.833. The van der Waals surface area contributed by atoms with Crippen molar-refractivity contribution >= 4 is 5.91 Å². The molecule has 1 aromatic rings. The monoisotopic (exact) mass is 232 g/mol. The smallest absolute Gasteiger partial charge is 0.236 e. The average Bonchev–Trinajstić information content (AvgIpc) is 2.71. The van der Waals surface area contributed by atoms with E-state index in [-0.39, 0.29) is 11.9 Å². The molecule has 92 valence electrons. The number of benzene rings is 1. The number of nitrogens with one attached hydrogen (secondary N) is 2. The summed E-state index contributed by atoms with van der Waals surface area (Å²) in [6.45, 7) is 4.02. The molecule has 0 heterocycles. The lowest BCUT2D eigenvalue weighted by Crippen LogP contribution is -2.41. The summed E-state index contributed by atoms with van der Waals surface area (Å²) < 4.78 is 0. The van der Waals surface area contributed by atoms with Crippen LogP contribution in [0.1, 0.15) is 36.1 Å².